The zero-order chi connectivity index (χ0) is 9.56. The van der Waals surface area contributed by atoms with Gasteiger partial charge in [0.2, 0.25) is 0 Å². The quantitative estimate of drug-likeness (QED) is 0.420. The Hall–Kier alpha value is 0.200. The van der Waals surface area contributed by atoms with Crippen LogP contribution in [0.5, 0.6) is 0 Å². The molecule has 4 heteroatoms. The zero-order valence-corrected chi connectivity index (χ0v) is 9.62. The molecule has 0 radical (unpaired) electrons. The SMILES string of the molecule is CCOCCN(C(=S)S)C(C)C. The predicted molar refractivity (Wildman–Crippen MR) is 59.9 cm³/mol. The first kappa shape index (κ1) is 12.2. The first-order chi connectivity index (χ1) is 5.59. The highest BCUT2D eigenvalue weighted by molar-refractivity contribution is 8.10. The monoisotopic (exact) mass is 207 g/mol. The van der Waals surface area contributed by atoms with E-state index in [1.165, 1.54) is 0 Å². The van der Waals surface area contributed by atoms with Crippen molar-refractivity contribution in [1.82, 2.24) is 4.90 Å². The van der Waals surface area contributed by atoms with Crippen molar-refractivity contribution in [2.75, 3.05) is 19.8 Å². The lowest BCUT2D eigenvalue weighted by Crippen LogP contribution is -2.35. The van der Waals surface area contributed by atoms with E-state index in [1.807, 2.05) is 11.8 Å². The number of hydrogen-bond donors (Lipinski definition) is 1. The van der Waals surface area contributed by atoms with Gasteiger partial charge >= 0.3 is 0 Å². The Kier molecular flexibility index (Phi) is 6.80. The summed E-state index contributed by atoms with van der Waals surface area (Å²) in [5.74, 6) is 0. The summed E-state index contributed by atoms with van der Waals surface area (Å²) >= 11 is 9.11. The van der Waals surface area contributed by atoms with Crippen molar-refractivity contribution >= 4 is 29.2 Å². The summed E-state index contributed by atoms with van der Waals surface area (Å²) in [5.41, 5.74) is 0. The van der Waals surface area contributed by atoms with E-state index in [2.05, 4.69) is 26.5 Å². The van der Waals surface area contributed by atoms with Crippen LogP contribution in [0.2, 0.25) is 0 Å². The normalized spacial score (nSPS) is 10.4. The van der Waals surface area contributed by atoms with Gasteiger partial charge in [-0.1, -0.05) is 12.2 Å². The molecule has 0 saturated heterocycles. The molecule has 0 aromatic heterocycles. The minimum absolute atomic E-state index is 0.399. The molecule has 0 saturated carbocycles. The molecule has 0 aliphatic rings. The number of rotatable bonds is 5. The van der Waals surface area contributed by atoms with E-state index >= 15 is 0 Å². The summed E-state index contributed by atoms with van der Waals surface area (Å²) in [4.78, 5) is 2.04. The molecule has 0 amide bonds. The molecule has 0 rings (SSSR count). The van der Waals surface area contributed by atoms with Crippen molar-refractivity contribution in [3.8, 4) is 0 Å². The molecule has 0 aliphatic heterocycles. The molecule has 0 atom stereocenters. The van der Waals surface area contributed by atoms with Crippen molar-refractivity contribution in [2.24, 2.45) is 0 Å². The van der Waals surface area contributed by atoms with Crippen LogP contribution in [0.4, 0.5) is 0 Å². The molecule has 0 aromatic carbocycles. The van der Waals surface area contributed by atoms with Gasteiger partial charge in [0.05, 0.1) is 6.61 Å². The fourth-order valence-electron chi connectivity index (χ4n) is 0.882. The van der Waals surface area contributed by atoms with Crippen LogP contribution in [0.15, 0.2) is 0 Å². The highest BCUT2D eigenvalue weighted by Crippen LogP contribution is 2.02. The second-order valence-electron chi connectivity index (χ2n) is 2.77. The maximum Gasteiger partial charge on any atom is 0.133 e. The minimum Gasteiger partial charge on any atom is -0.380 e. The third-order valence-electron chi connectivity index (χ3n) is 1.55. The highest BCUT2D eigenvalue weighted by Gasteiger charge is 2.09. The number of nitrogens with zero attached hydrogens (tertiary/aromatic N) is 1. The van der Waals surface area contributed by atoms with E-state index in [1.54, 1.807) is 0 Å². The summed E-state index contributed by atoms with van der Waals surface area (Å²) in [6.07, 6.45) is 0. The topological polar surface area (TPSA) is 12.5 Å². The smallest absolute Gasteiger partial charge is 0.133 e. The van der Waals surface area contributed by atoms with Gasteiger partial charge in [-0.3, -0.25) is 0 Å². The van der Waals surface area contributed by atoms with Gasteiger partial charge in [0.1, 0.15) is 4.32 Å². The van der Waals surface area contributed by atoms with Crippen LogP contribution in [0.25, 0.3) is 0 Å². The van der Waals surface area contributed by atoms with E-state index in [0.29, 0.717) is 10.4 Å². The van der Waals surface area contributed by atoms with Gasteiger partial charge in [-0.05, 0) is 20.8 Å². The first-order valence-corrected chi connectivity index (χ1v) is 5.02. The van der Waals surface area contributed by atoms with Crippen molar-refractivity contribution in [1.29, 1.82) is 0 Å². The van der Waals surface area contributed by atoms with Crippen molar-refractivity contribution in [3.63, 3.8) is 0 Å². The van der Waals surface area contributed by atoms with E-state index in [9.17, 15) is 0 Å². The maximum atomic E-state index is 5.23. The van der Waals surface area contributed by atoms with E-state index in [0.717, 1.165) is 19.8 Å². The van der Waals surface area contributed by atoms with Crippen LogP contribution in [0, 0.1) is 0 Å². The van der Waals surface area contributed by atoms with Crippen molar-refractivity contribution < 1.29 is 4.74 Å². The molecule has 0 aliphatic carbocycles. The predicted octanol–water partition coefficient (Wildman–Crippen LogP) is 1.95. The van der Waals surface area contributed by atoms with E-state index in [-0.39, 0.29) is 0 Å². The second kappa shape index (κ2) is 6.69. The Balaban J connectivity index is 3.72. The maximum absolute atomic E-state index is 5.23. The average Bonchev–Trinajstić information content (AvgIpc) is 1.96. The van der Waals surface area contributed by atoms with Crippen LogP contribution in [0.3, 0.4) is 0 Å². The molecule has 0 aromatic rings. The van der Waals surface area contributed by atoms with Crippen LogP contribution in [0.1, 0.15) is 20.8 Å². The summed E-state index contributed by atoms with van der Waals surface area (Å²) in [6.45, 7) is 8.47. The van der Waals surface area contributed by atoms with E-state index in [4.69, 9.17) is 17.0 Å². The third-order valence-corrected chi connectivity index (χ3v) is 2.04. The molecule has 0 fully saturated rings. The molecule has 72 valence electrons. The fourth-order valence-corrected chi connectivity index (χ4v) is 1.52. The Labute approximate surface area is 85.7 Å². The van der Waals surface area contributed by atoms with Gasteiger partial charge in [-0.2, -0.15) is 0 Å². The lowest BCUT2D eigenvalue weighted by Gasteiger charge is -2.26. The Bertz CT molecular complexity index is 139. The lowest BCUT2D eigenvalue weighted by atomic mass is 10.3. The number of ether oxygens (including phenoxy) is 1. The average molecular weight is 207 g/mol. The second-order valence-corrected chi connectivity index (χ2v) is 3.88. The fraction of sp³-hybridized carbons (Fsp3) is 0.875. The van der Waals surface area contributed by atoms with Crippen LogP contribution in [-0.4, -0.2) is 35.0 Å². The highest BCUT2D eigenvalue weighted by atomic mass is 32.1. The summed E-state index contributed by atoms with van der Waals surface area (Å²) in [6, 6.07) is 0.399. The zero-order valence-electron chi connectivity index (χ0n) is 7.91. The standard InChI is InChI=1S/C8H17NOS2/c1-4-10-6-5-9(7(2)3)8(11)12/h7H,4-6H2,1-3H3,(H,11,12). The molecular formula is C8H17NOS2. The largest absolute Gasteiger partial charge is 0.380 e. The minimum atomic E-state index is 0.399. The third kappa shape index (κ3) is 4.95. The summed E-state index contributed by atoms with van der Waals surface area (Å²) < 4.78 is 5.87. The van der Waals surface area contributed by atoms with Gasteiger partial charge < -0.3 is 9.64 Å². The summed E-state index contributed by atoms with van der Waals surface area (Å²) in [7, 11) is 0. The number of thiocarbonyl (C=S) groups is 1. The molecule has 0 heterocycles. The number of hydrogen-bond acceptors (Lipinski definition) is 2. The Morgan fingerprint density at radius 2 is 2.17 bits per heavy atom. The van der Waals surface area contributed by atoms with Crippen molar-refractivity contribution in [3.05, 3.63) is 0 Å². The molecule has 12 heavy (non-hydrogen) atoms. The molecule has 0 spiro atoms. The number of thiol groups is 1. The van der Waals surface area contributed by atoms with Gasteiger partial charge in [0.25, 0.3) is 0 Å². The molecule has 0 bridgehead atoms. The molecule has 0 unspecified atom stereocenters. The van der Waals surface area contributed by atoms with Gasteiger partial charge in [0, 0.05) is 19.2 Å². The van der Waals surface area contributed by atoms with Gasteiger partial charge in [0.15, 0.2) is 0 Å². The van der Waals surface area contributed by atoms with Crippen molar-refractivity contribution in [2.45, 2.75) is 26.8 Å². The molecule has 0 N–H and O–H groups in total. The molecule has 2 nitrogen and oxygen atoms in total. The Morgan fingerprint density at radius 1 is 1.58 bits per heavy atom. The summed E-state index contributed by atoms with van der Waals surface area (Å²) in [5, 5.41) is 0. The lowest BCUT2D eigenvalue weighted by molar-refractivity contribution is 0.128. The Morgan fingerprint density at radius 3 is 2.50 bits per heavy atom. The van der Waals surface area contributed by atoms with Crippen LogP contribution >= 0.6 is 24.8 Å². The van der Waals surface area contributed by atoms with Crippen LogP contribution in [-0.2, 0) is 4.74 Å². The van der Waals surface area contributed by atoms with Gasteiger partial charge in [-0.25, -0.2) is 0 Å². The van der Waals surface area contributed by atoms with Gasteiger partial charge in [-0.15, -0.1) is 12.6 Å². The molecular weight excluding hydrogens is 190 g/mol. The van der Waals surface area contributed by atoms with E-state index < -0.39 is 0 Å². The first-order valence-electron chi connectivity index (χ1n) is 4.16. The van der Waals surface area contributed by atoms with Crippen LogP contribution < -0.4 is 0 Å².